The van der Waals surface area contributed by atoms with Gasteiger partial charge in [-0.15, -0.1) is 0 Å². The Morgan fingerprint density at radius 1 is 1.39 bits per heavy atom. The van der Waals surface area contributed by atoms with Gasteiger partial charge in [0.15, 0.2) is 0 Å². The van der Waals surface area contributed by atoms with Gasteiger partial charge in [0.25, 0.3) is 0 Å². The molecule has 1 fully saturated rings. The summed E-state index contributed by atoms with van der Waals surface area (Å²) in [4.78, 5) is 11.8. The number of benzene rings is 1. The monoisotopic (exact) mass is 268 g/mol. The van der Waals surface area contributed by atoms with E-state index in [0.717, 1.165) is 18.4 Å². The van der Waals surface area contributed by atoms with Gasteiger partial charge in [-0.2, -0.15) is 0 Å². The molecule has 1 aromatic rings. The summed E-state index contributed by atoms with van der Waals surface area (Å²) in [6.45, 7) is 1.73. The number of halogens is 1. The first-order valence-electron chi connectivity index (χ1n) is 6.24. The fourth-order valence-corrected chi connectivity index (χ4v) is 2.23. The lowest BCUT2D eigenvalue weighted by Crippen LogP contribution is -2.25. The zero-order chi connectivity index (χ0) is 12.8. The summed E-state index contributed by atoms with van der Waals surface area (Å²) in [5.74, 6) is -0.0848. The van der Waals surface area contributed by atoms with Crippen molar-refractivity contribution in [3.63, 3.8) is 0 Å². The molecule has 4 heteroatoms. The van der Waals surface area contributed by atoms with Crippen molar-refractivity contribution in [2.24, 2.45) is 5.92 Å². The second-order valence-corrected chi connectivity index (χ2v) is 4.87. The van der Waals surface area contributed by atoms with Gasteiger partial charge in [-0.1, -0.05) is 23.7 Å². The van der Waals surface area contributed by atoms with E-state index in [1.54, 1.807) is 0 Å². The van der Waals surface area contributed by atoms with E-state index >= 15 is 0 Å². The molecule has 1 aliphatic heterocycles. The highest BCUT2D eigenvalue weighted by molar-refractivity contribution is 6.30. The van der Waals surface area contributed by atoms with Crippen LogP contribution >= 0.6 is 11.6 Å². The lowest BCUT2D eigenvalue weighted by Gasteiger charge is -2.20. The Balaban J connectivity index is 1.73. The normalized spacial score (nSPS) is 16.5. The minimum Gasteiger partial charge on any atom is -0.465 e. The lowest BCUT2D eigenvalue weighted by atomic mass is 10.0. The first kappa shape index (κ1) is 13.4. The number of esters is 1. The van der Waals surface area contributed by atoms with Gasteiger partial charge in [0, 0.05) is 24.7 Å². The van der Waals surface area contributed by atoms with Crippen LogP contribution in [-0.4, -0.2) is 25.8 Å². The minimum atomic E-state index is -0.0969. The van der Waals surface area contributed by atoms with Crippen LogP contribution in [0.25, 0.3) is 0 Å². The number of hydrogen-bond acceptors (Lipinski definition) is 3. The number of carbonyl (C=O) groups excluding carboxylic acids is 1. The smallest absolute Gasteiger partial charge is 0.309 e. The van der Waals surface area contributed by atoms with Gasteiger partial charge in [0.1, 0.15) is 0 Å². The van der Waals surface area contributed by atoms with Gasteiger partial charge in [0.2, 0.25) is 0 Å². The van der Waals surface area contributed by atoms with Crippen LogP contribution in [0.5, 0.6) is 0 Å². The first-order valence-corrected chi connectivity index (χ1v) is 6.62. The maximum atomic E-state index is 11.8. The van der Waals surface area contributed by atoms with Crippen molar-refractivity contribution >= 4 is 17.6 Å². The lowest BCUT2D eigenvalue weighted by molar-refractivity contribution is -0.151. The second-order valence-electron chi connectivity index (χ2n) is 4.43. The first-order chi connectivity index (χ1) is 8.75. The zero-order valence-electron chi connectivity index (χ0n) is 10.2. The Bertz CT molecular complexity index is 400. The highest BCUT2D eigenvalue weighted by atomic mass is 35.5. The van der Waals surface area contributed by atoms with E-state index in [0.29, 0.717) is 31.3 Å². The van der Waals surface area contributed by atoms with Gasteiger partial charge in [-0.05, 0) is 30.5 Å². The topological polar surface area (TPSA) is 35.5 Å². The molecule has 1 aliphatic rings. The molecule has 0 N–H and O–H groups in total. The van der Waals surface area contributed by atoms with E-state index < -0.39 is 0 Å². The van der Waals surface area contributed by atoms with Gasteiger partial charge in [-0.25, -0.2) is 0 Å². The molecule has 1 heterocycles. The Morgan fingerprint density at radius 2 is 2.17 bits per heavy atom. The summed E-state index contributed by atoms with van der Waals surface area (Å²) in [5.41, 5.74) is 1.09. The van der Waals surface area contributed by atoms with Crippen LogP contribution in [0.2, 0.25) is 5.02 Å². The van der Waals surface area contributed by atoms with Gasteiger partial charge >= 0.3 is 5.97 Å². The largest absolute Gasteiger partial charge is 0.465 e. The fraction of sp³-hybridized carbons (Fsp3) is 0.500. The predicted octanol–water partition coefficient (Wildman–Crippen LogP) is 2.85. The molecular formula is C14H17ClO3. The van der Waals surface area contributed by atoms with Crippen molar-refractivity contribution in [3.05, 3.63) is 34.9 Å². The van der Waals surface area contributed by atoms with Crippen LogP contribution in [0.4, 0.5) is 0 Å². The molecule has 0 spiro atoms. The van der Waals surface area contributed by atoms with Crippen LogP contribution in [0.15, 0.2) is 24.3 Å². The summed E-state index contributed by atoms with van der Waals surface area (Å²) in [7, 11) is 0. The Hall–Kier alpha value is -1.06. The van der Waals surface area contributed by atoms with E-state index in [9.17, 15) is 4.79 Å². The summed E-state index contributed by atoms with van der Waals surface area (Å²) < 4.78 is 10.5. The third-order valence-electron chi connectivity index (χ3n) is 3.08. The molecule has 0 atom stereocenters. The molecule has 0 aromatic heterocycles. The van der Waals surface area contributed by atoms with Gasteiger partial charge in [-0.3, -0.25) is 4.79 Å². The van der Waals surface area contributed by atoms with Crippen molar-refractivity contribution in [2.75, 3.05) is 19.8 Å². The molecule has 0 bridgehead atoms. The highest BCUT2D eigenvalue weighted by Gasteiger charge is 2.22. The third-order valence-corrected chi connectivity index (χ3v) is 3.31. The Kier molecular flexibility index (Phi) is 5.02. The van der Waals surface area contributed by atoms with Crippen molar-refractivity contribution in [2.45, 2.75) is 19.3 Å². The Morgan fingerprint density at radius 3 is 2.89 bits per heavy atom. The molecule has 0 saturated carbocycles. The van der Waals surface area contributed by atoms with Crippen LogP contribution in [0, 0.1) is 5.92 Å². The molecule has 2 rings (SSSR count). The number of hydrogen-bond donors (Lipinski definition) is 0. The van der Waals surface area contributed by atoms with E-state index in [1.807, 2.05) is 24.3 Å². The average molecular weight is 269 g/mol. The van der Waals surface area contributed by atoms with Crippen LogP contribution < -0.4 is 0 Å². The van der Waals surface area contributed by atoms with E-state index in [2.05, 4.69) is 0 Å². The van der Waals surface area contributed by atoms with Gasteiger partial charge < -0.3 is 9.47 Å². The van der Waals surface area contributed by atoms with Crippen molar-refractivity contribution in [3.8, 4) is 0 Å². The number of carbonyl (C=O) groups is 1. The van der Waals surface area contributed by atoms with E-state index in [-0.39, 0.29) is 11.9 Å². The molecule has 1 saturated heterocycles. The van der Waals surface area contributed by atoms with E-state index in [1.165, 1.54) is 0 Å². The molecule has 0 radical (unpaired) electrons. The molecule has 18 heavy (non-hydrogen) atoms. The van der Waals surface area contributed by atoms with Gasteiger partial charge in [0.05, 0.1) is 12.5 Å². The Labute approximate surface area is 112 Å². The van der Waals surface area contributed by atoms with E-state index in [4.69, 9.17) is 21.1 Å². The molecule has 1 aromatic carbocycles. The molecule has 0 amide bonds. The predicted molar refractivity (Wildman–Crippen MR) is 69.7 cm³/mol. The zero-order valence-corrected chi connectivity index (χ0v) is 11.0. The minimum absolute atomic E-state index is 0.0121. The van der Waals surface area contributed by atoms with Crippen LogP contribution in [0.1, 0.15) is 18.4 Å². The number of ether oxygens (including phenoxy) is 2. The molecule has 0 unspecified atom stereocenters. The maximum absolute atomic E-state index is 11.8. The molecular weight excluding hydrogens is 252 g/mol. The quantitative estimate of drug-likeness (QED) is 0.788. The van der Waals surface area contributed by atoms with Crippen molar-refractivity contribution < 1.29 is 14.3 Å². The second kappa shape index (κ2) is 6.76. The average Bonchev–Trinajstić information content (AvgIpc) is 2.40. The summed E-state index contributed by atoms with van der Waals surface area (Å²) >= 11 is 5.89. The molecule has 98 valence electrons. The SMILES string of the molecule is O=C(OCCc1cccc(Cl)c1)C1CCOCC1. The van der Waals surface area contributed by atoms with Crippen LogP contribution in [-0.2, 0) is 20.7 Å². The summed E-state index contributed by atoms with van der Waals surface area (Å²) in [6.07, 6.45) is 2.25. The maximum Gasteiger partial charge on any atom is 0.309 e. The molecule has 3 nitrogen and oxygen atoms in total. The fourth-order valence-electron chi connectivity index (χ4n) is 2.01. The van der Waals surface area contributed by atoms with Crippen molar-refractivity contribution in [1.82, 2.24) is 0 Å². The van der Waals surface area contributed by atoms with Crippen LogP contribution in [0.3, 0.4) is 0 Å². The number of rotatable bonds is 4. The van der Waals surface area contributed by atoms with Crippen molar-refractivity contribution in [1.29, 1.82) is 0 Å². The highest BCUT2D eigenvalue weighted by Crippen LogP contribution is 2.16. The molecule has 0 aliphatic carbocycles. The summed E-state index contributed by atoms with van der Waals surface area (Å²) in [6, 6.07) is 7.61. The standard InChI is InChI=1S/C14H17ClO3/c15-13-3-1-2-11(10-13)4-9-18-14(16)12-5-7-17-8-6-12/h1-3,10,12H,4-9H2. The summed E-state index contributed by atoms with van der Waals surface area (Å²) in [5, 5.41) is 0.711. The third kappa shape index (κ3) is 4.00.